The van der Waals surface area contributed by atoms with Crippen molar-refractivity contribution in [3.8, 4) is 0 Å². The quantitative estimate of drug-likeness (QED) is 0.200. The van der Waals surface area contributed by atoms with Gasteiger partial charge in [-0.3, -0.25) is 0 Å². The minimum atomic E-state index is -1.99. The number of rotatable bonds is 8. The molecule has 0 radical (unpaired) electrons. The maximum Gasteiger partial charge on any atom is 0.193 e. The molecule has 0 aliphatic rings. The normalized spacial score (nSPS) is 15.8. The van der Waals surface area contributed by atoms with Gasteiger partial charge in [-0.05, 0) is 91.1 Å². The van der Waals surface area contributed by atoms with Gasteiger partial charge >= 0.3 is 0 Å². The molecule has 0 bridgehead atoms. The SMILES string of the molecule is CC(C)(C)[C@@H](O[Si](C)(C)C(C)(C)C)c1ccc(/C=C\c2ccc([C@H](O[Si](C)(C)C(C)(C)C)C(C)(C)C)nc2Br)c(Br)n1. The molecule has 2 atom stereocenters. The van der Waals surface area contributed by atoms with Crippen LogP contribution in [-0.2, 0) is 8.85 Å². The van der Waals surface area contributed by atoms with Crippen molar-refractivity contribution >= 4 is 60.6 Å². The summed E-state index contributed by atoms with van der Waals surface area (Å²) in [4.78, 5) is 9.96. The van der Waals surface area contributed by atoms with E-state index in [1.54, 1.807) is 0 Å². The van der Waals surface area contributed by atoms with E-state index < -0.39 is 16.6 Å². The molecule has 42 heavy (non-hydrogen) atoms. The van der Waals surface area contributed by atoms with E-state index >= 15 is 0 Å². The van der Waals surface area contributed by atoms with Gasteiger partial charge < -0.3 is 8.85 Å². The Hall–Kier alpha value is -0.646. The molecule has 0 aromatic carbocycles. The Labute approximate surface area is 276 Å². The molecule has 0 fully saturated rings. The number of hydrogen-bond donors (Lipinski definition) is 0. The van der Waals surface area contributed by atoms with Crippen LogP contribution in [-0.4, -0.2) is 26.6 Å². The molecule has 0 aliphatic carbocycles. The lowest BCUT2D eigenvalue weighted by Crippen LogP contribution is -2.44. The fourth-order valence-electron chi connectivity index (χ4n) is 3.94. The standard InChI is InChI=1S/C34H56Br2N2O2Si2/c1-31(2,3)27(39-41(13,14)33(7,8)9)25-21-19-23(29(35)37-25)17-18-24-20-22-26(38-30(24)36)28(32(4,5)6)40-42(15,16)34(10,11)12/h17-22,27-28H,1-16H3/b18-17-/t27-,28-/m0/s1. The van der Waals surface area contributed by atoms with Gasteiger partial charge in [0.1, 0.15) is 9.21 Å². The third kappa shape index (κ3) is 9.43. The highest BCUT2D eigenvalue weighted by molar-refractivity contribution is 9.10. The van der Waals surface area contributed by atoms with Crippen molar-refractivity contribution in [2.45, 2.75) is 132 Å². The largest absolute Gasteiger partial charge is 0.408 e. The third-order valence-electron chi connectivity index (χ3n) is 8.79. The van der Waals surface area contributed by atoms with Crippen molar-refractivity contribution in [1.82, 2.24) is 9.97 Å². The average molecular weight is 741 g/mol. The smallest absolute Gasteiger partial charge is 0.193 e. The molecule has 236 valence electrons. The maximum absolute atomic E-state index is 6.91. The van der Waals surface area contributed by atoms with Crippen molar-refractivity contribution in [2.75, 3.05) is 0 Å². The molecule has 2 aromatic heterocycles. The van der Waals surface area contributed by atoms with E-state index in [9.17, 15) is 0 Å². The molecule has 0 saturated heterocycles. The molecule has 0 amide bonds. The topological polar surface area (TPSA) is 44.2 Å². The molecule has 2 aromatic rings. The van der Waals surface area contributed by atoms with Crippen LogP contribution >= 0.6 is 31.9 Å². The van der Waals surface area contributed by atoms with Gasteiger partial charge in [0.2, 0.25) is 0 Å². The zero-order chi connectivity index (χ0) is 32.7. The summed E-state index contributed by atoms with van der Waals surface area (Å²) in [5, 5.41) is 0.244. The van der Waals surface area contributed by atoms with Crippen LogP contribution < -0.4 is 0 Å². The van der Waals surface area contributed by atoms with Crippen LogP contribution in [0.2, 0.25) is 36.3 Å². The summed E-state index contributed by atoms with van der Waals surface area (Å²) in [7, 11) is -3.99. The molecule has 0 saturated carbocycles. The first-order valence-corrected chi connectivity index (χ1v) is 22.4. The van der Waals surface area contributed by atoms with Gasteiger partial charge in [0.05, 0.1) is 23.6 Å². The monoisotopic (exact) mass is 738 g/mol. The van der Waals surface area contributed by atoms with E-state index in [0.29, 0.717) is 0 Å². The third-order valence-corrected chi connectivity index (χ3v) is 18.9. The number of pyridine rings is 2. The van der Waals surface area contributed by atoms with E-state index in [4.69, 9.17) is 18.8 Å². The Morgan fingerprint density at radius 1 is 0.571 bits per heavy atom. The molecule has 0 spiro atoms. The summed E-state index contributed by atoms with van der Waals surface area (Å²) in [6.45, 7) is 36.2. The number of aromatic nitrogens is 2. The lowest BCUT2D eigenvalue weighted by atomic mass is 9.87. The molecule has 8 heteroatoms. The average Bonchev–Trinajstić information content (AvgIpc) is 2.78. The van der Waals surface area contributed by atoms with Crippen molar-refractivity contribution in [3.05, 3.63) is 56.0 Å². The van der Waals surface area contributed by atoms with Gasteiger partial charge in [0.15, 0.2) is 16.6 Å². The Balaban J connectivity index is 2.38. The minimum absolute atomic E-state index is 0.0865. The lowest BCUT2D eigenvalue weighted by molar-refractivity contribution is 0.0688. The van der Waals surface area contributed by atoms with Crippen molar-refractivity contribution in [2.24, 2.45) is 10.8 Å². The zero-order valence-corrected chi connectivity index (χ0v) is 34.3. The summed E-state index contributed by atoms with van der Waals surface area (Å²) in [6, 6.07) is 8.45. The minimum Gasteiger partial charge on any atom is -0.408 e. The second-order valence-corrected chi connectivity index (χ2v) is 27.8. The molecular formula is C34H56Br2N2O2Si2. The van der Waals surface area contributed by atoms with Crippen molar-refractivity contribution in [1.29, 1.82) is 0 Å². The molecule has 0 N–H and O–H groups in total. The van der Waals surface area contributed by atoms with Crippen molar-refractivity contribution < 1.29 is 8.85 Å². The second kappa shape index (κ2) is 13.0. The maximum atomic E-state index is 6.91. The Kier molecular flexibility index (Phi) is 11.6. The Morgan fingerprint density at radius 3 is 1.07 bits per heavy atom. The highest BCUT2D eigenvalue weighted by Crippen LogP contribution is 2.46. The number of halogens is 2. The molecule has 4 nitrogen and oxygen atoms in total. The fraction of sp³-hybridized carbons (Fsp3) is 0.647. The number of nitrogens with zero attached hydrogens (tertiary/aromatic N) is 2. The highest BCUT2D eigenvalue weighted by Gasteiger charge is 2.44. The Bertz CT molecular complexity index is 1170. The van der Waals surface area contributed by atoms with Crippen LogP contribution in [0.1, 0.15) is 118 Å². The zero-order valence-electron chi connectivity index (χ0n) is 29.1. The van der Waals surface area contributed by atoms with Crippen LogP contribution in [0.3, 0.4) is 0 Å². The summed E-state index contributed by atoms with van der Waals surface area (Å²) in [5.41, 5.74) is 3.75. The Morgan fingerprint density at radius 2 is 0.857 bits per heavy atom. The highest BCUT2D eigenvalue weighted by atomic mass is 79.9. The molecule has 0 aliphatic heterocycles. The van der Waals surface area contributed by atoms with E-state index in [2.05, 4.69) is 178 Å². The van der Waals surface area contributed by atoms with E-state index in [0.717, 1.165) is 31.7 Å². The predicted octanol–water partition coefficient (Wildman–Crippen LogP) is 12.4. The van der Waals surface area contributed by atoms with Crippen LogP contribution in [0.5, 0.6) is 0 Å². The molecule has 2 rings (SSSR count). The van der Waals surface area contributed by atoms with Gasteiger partial charge in [-0.25, -0.2) is 9.97 Å². The van der Waals surface area contributed by atoms with Gasteiger partial charge in [0.25, 0.3) is 0 Å². The first kappa shape index (κ1) is 37.5. The number of hydrogen-bond acceptors (Lipinski definition) is 4. The van der Waals surface area contributed by atoms with Crippen LogP contribution in [0, 0.1) is 10.8 Å². The van der Waals surface area contributed by atoms with Crippen molar-refractivity contribution in [3.63, 3.8) is 0 Å². The summed E-state index contributed by atoms with van der Waals surface area (Å²) >= 11 is 7.49. The first-order chi connectivity index (χ1) is 18.7. The van der Waals surface area contributed by atoms with Gasteiger partial charge in [-0.1, -0.05) is 107 Å². The van der Waals surface area contributed by atoms with E-state index in [1.165, 1.54) is 0 Å². The van der Waals surface area contributed by atoms with Crippen LogP contribution in [0.4, 0.5) is 0 Å². The van der Waals surface area contributed by atoms with Crippen LogP contribution in [0.15, 0.2) is 33.5 Å². The molecule has 0 unspecified atom stereocenters. The fourth-order valence-corrected chi connectivity index (χ4v) is 7.72. The summed E-state index contributed by atoms with van der Waals surface area (Å²) in [6.07, 6.45) is 3.97. The summed E-state index contributed by atoms with van der Waals surface area (Å²) in [5.74, 6) is 0. The van der Waals surface area contributed by atoms with E-state index in [1.807, 2.05) is 0 Å². The summed E-state index contributed by atoms with van der Waals surface area (Å²) < 4.78 is 15.4. The lowest BCUT2D eigenvalue weighted by Gasteiger charge is -2.43. The second-order valence-electron chi connectivity index (χ2n) is 16.8. The van der Waals surface area contributed by atoms with Gasteiger partial charge in [-0.2, -0.15) is 0 Å². The van der Waals surface area contributed by atoms with E-state index in [-0.39, 0.29) is 33.1 Å². The van der Waals surface area contributed by atoms with Gasteiger partial charge in [0, 0.05) is 11.1 Å². The first-order valence-electron chi connectivity index (χ1n) is 15.0. The molecule has 2 heterocycles. The predicted molar refractivity (Wildman–Crippen MR) is 194 cm³/mol. The van der Waals surface area contributed by atoms with Gasteiger partial charge in [-0.15, -0.1) is 0 Å². The van der Waals surface area contributed by atoms with Crippen LogP contribution in [0.25, 0.3) is 12.2 Å². The molecular weight excluding hydrogens is 684 g/mol.